The maximum Gasteiger partial charge on any atom is 0.311 e. The van der Waals surface area contributed by atoms with Gasteiger partial charge in [0.1, 0.15) is 5.82 Å². The van der Waals surface area contributed by atoms with Gasteiger partial charge in [0.25, 0.3) is 0 Å². The smallest absolute Gasteiger partial charge is 0.311 e. The SMILES string of the molecule is CCc1ccc(C(C)Nc2ccc([N+](=O)[O-])c(N)n2)cc1. The van der Waals surface area contributed by atoms with Gasteiger partial charge in [0.15, 0.2) is 0 Å². The third-order valence-corrected chi connectivity index (χ3v) is 3.35. The van der Waals surface area contributed by atoms with Crippen LogP contribution >= 0.6 is 0 Å². The average Bonchev–Trinajstić information content (AvgIpc) is 2.47. The molecule has 0 saturated heterocycles. The predicted molar refractivity (Wildman–Crippen MR) is 83.2 cm³/mol. The summed E-state index contributed by atoms with van der Waals surface area (Å²) in [5.74, 6) is 0.434. The molecule has 1 heterocycles. The van der Waals surface area contributed by atoms with Crippen LogP contribution < -0.4 is 11.1 Å². The third-order valence-electron chi connectivity index (χ3n) is 3.35. The highest BCUT2D eigenvalue weighted by Crippen LogP contribution is 2.24. The molecule has 0 fully saturated rings. The van der Waals surface area contributed by atoms with Crippen LogP contribution in [-0.4, -0.2) is 9.91 Å². The minimum absolute atomic E-state index is 0.0317. The minimum Gasteiger partial charge on any atom is -0.378 e. The van der Waals surface area contributed by atoms with Crippen LogP contribution in [0.4, 0.5) is 17.3 Å². The summed E-state index contributed by atoms with van der Waals surface area (Å²) in [7, 11) is 0. The molecule has 1 unspecified atom stereocenters. The van der Waals surface area contributed by atoms with Crippen molar-refractivity contribution in [1.82, 2.24) is 4.98 Å². The van der Waals surface area contributed by atoms with Crippen LogP contribution in [0.25, 0.3) is 0 Å². The van der Waals surface area contributed by atoms with Gasteiger partial charge in [-0.2, -0.15) is 0 Å². The number of anilines is 2. The first-order valence-corrected chi connectivity index (χ1v) is 6.77. The molecule has 0 aliphatic carbocycles. The quantitative estimate of drug-likeness (QED) is 0.649. The van der Waals surface area contributed by atoms with Gasteiger partial charge < -0.3 is 11.1 Å². The fraction of sp³-hybridized carbons (Fsp3) is 0.267. The number of nitrogens with one attached hydrogen (secondary N) is 1. The molecule has 21 heavy (non-hydrogen) atoms. The number of hydrogen-bond acceptors (Lipinski definition) is 5. The van der Waals surface area contributed by atoms with Gasteiger partial charge in [-0.05, 0) is 30.5 Å². The predicted octanol–water partition coefficient (Wildman–Crippen LogP) is 3.31. The van der Waals surface area contributed by atoms with E-state index >= 15 is 0 Å². The highest BCUT2D eigenvalue weighted by atomic mass is 16.6. The number of pyridine rings is 1. The number of rotatable bonds is 5. The number of nitrogen functional groups attached to an aromatic ring is 1. The molecule has 0 amide bonds. The highest BCUT2D eigenvalue weighted by molar-refractivity contribution is 5.57. The van der Waals surface area contributed by atoms with Gasteiger partial charge in [-0.15, -0.1) is 0 Å². The van der Waals surface area contributed by atoms with Crippen molar-refractivity contribution >= 4 is 17.3 Å². The van der Waals surface area contributed by atoms with Gasteiger partial charge in [-0.25, -0.2) is 4.98 Å². The first-order valence-electron chi connectivity index (χ1n) is 6.77. The number of aromatic nitrogens is 1. The van der Waals surface area contributed by atoms with E-state index in [0.717, 1.165) is 12.0 Å². The Morgan fingerprint density at radius 1 is 1.29 bits per heavy atom. The minimum atomic E-state index is -0.543. The molecule has 0 aliphatic heterocycles. The van der Waals surface area contributed by atoms with E-state index < -0.39 is 4.92 Å². The lowest BCUT2D eigenvalue weighted by atomic mass is 10.1. The van der Waals surface area contributed by atoms with Crippen LogP contribution in [0.3, 0.4) is 0 Å². The van der Waals surface area contributed by atoms with Crippen molar-refractivity contribution in [2.75, 3.05) is 11.1 Å². The highest BCUT2D eigenvalue weighted by Gasteiger charge is 2.14. The Morgan fingerprint density at radius 2 is 1.95 bits per heavy atom. The summed E-state index contributed by atoms with van der Waals surface area (Å²) in [5.41, 5.74) is 7.80. The summed E-state index contributed by atoms with van der Waals surface area (Å²) in [6.45, 7) is 4.11. The van der Waals surface area contributed by atoms with Crippen molar-refractivity contribution in [2.45, 2.75) is 26.3 Å². The summed E-state index contributed by atoms with van der Waals surface area (Å²) < 4.78 is 0. The van der Waals surface area contributed by atoms with Crippen molar-refractivity contribution in [3.63, 3.8) is 0 Å². The molecule has 3 N–H and O–H groups in total. The van der Waals surface area contributed by atoms with Crippen molar-refractivity contribution < 1.29 is 4.92 Å². The Labute approximate surface area is 123 Å². The van der Waals surface area contributed by atoms with Gasteiger partial charge in [0, 0.05) is 12.1 Å². The molecule has 110 valence electrons. The lowest BCUT2D eigenvalue weighted by molar-refractivity contribution is -0.384. The van der Waals surface area contributed by atoms with Gasteiger partial charge >= 0.3 is 5.69 Å². The molecule has 2 rings (SSSR count). The van der Waals surface area contributed by atoms with Crippen molar-refractivity contribution in [3.05, 3.63) is 57.6 Å². The molecular formula is C15H18N4O2. The summed E-state index contributed by atoms with van der Waals surface area (Å²) in [4.78, 5) is 14.2. The second-order valence-electron chi connectivity index (χ2n) is 4.82. The van der Waals surface area contributed by atoms with E-state index in [-0.39, 0.29) is 17.5 Å². The first-order chi connectivity index (χ1) is 10.0. The van der Waals surface area contributed by atoms with E-state index in [9.17, 15) is 10.1 Å². The Bertz CT molecular complexity index is 641. The number of nitrogens with two attached hydrogens (primary N) is 1. The summed E-state index contributed by atoms with van der Waals surface area (Å²) in [5, 5.41) is 13.9. The molecule has 1 aromatic heterocycles. The van der Waals surface area contributed by atoms with E-state index in [1.54, 1.807) is 6.07 Å². The van der Waals surface area contributed by atoms with Gasteiger partial charge in [-0.3, -0.25) is 10.1 Å². The molecule has 0 bridgehead atoms. The van der Waals surface area contributed by atoms with Crippen LogP contribution in [-0.2, 0) is 6.42 Å². The van der Waals surface area contributed by atoms with Crippen LogP contribution in [0.2, 0.25) is 0 Å². The Morgan fingerprint density at radius 3 is 2.48 bits per heavy atom. The maximum absolute atomic E-state index is 10.7. The number of nitro groups is 1. The lowest BCUT2D eigenvalue weighted by Crippen LogP contribution is -2.09. The van der Waals surface area contributed by atoms with E-state index in [1.807, 2.05) is 6.92 Å². The maximum atomic E-state index is 10.7. The zero-order valence-corrected chi connectivity index (χ0v) is 12.0. The monoisotopic (exact) mass is 286 g/mol. The molecule has 0 spiro atoms. The molecule has 1 aromatic carbocycles. The van der Waals surface area contributed by atoms with E-state index in [1.165, 1.54) is 11.6 Å². The zero-order chi connectivity index (χ0) is 15.4. The molecule has 6 nitrogen and oxygen atoms in total. The molecule has 0 aliphatic rings. The Hall–Kier alpha value is -2.63. The summed E-state index contributed by atoms with van der Waals surface area (Å²) >= 11 is 0. The lowest BCUT2D eigenvalue weighted by Gasteiger charge is -2.15. The number of hydrogen-bond donors (Lipinski definition) is 2. The Balaban J connectivity index is 2.13. The van der Waals surface area contributed by atoms with Crippen molar-refractivity contribution in [1.29, 1.82) is 0 Å². The topological polar surface area (TPSA) is 94.1 Å². The van der Waals surface area contributed by atoms with E-state index in [0.29, 0.717) is 5.82 Å². The molecule has 2 aromatic rings. The molecule has 6 heteroatoms. The first kappa shape index (κ1) is 14.8. The van der Waals surface area contributed by atoms with E-state index in [2.05, 4.69) is 41.5 Å². The van der Waals surface area contributed by atoms with Gasteiger partial charge in [0.2, 0.25) is 5.82 Å². The zero-order valence-electron chi connectivity index (χ0n) is 12.0. The standard InChI is InChI=1S/C15H18N4O2/c1-3-11-4-6-12(7-5-11)10(2)17-14-9-8-13(19(20)21)15(16)18-14/h4-10H,3H2,1-2H3,(H3,16,17,18). The van der Waals surface area contributed by atoms with Gasteiger partial charge in [0.05, 0.1) is 4.92 Å². The second kappa shape index (κ2) is 6.21. The fourth-order valence-electron chi connectivity index (χ4n) is 2.05. The largest absolute Gasteiger partial charge is 0.378 e. The number of benzene rings is 1. The normalized spacial score (nSPS) is 11.9. The molecular weight excluding hydrogens is 268 g/mol. The second-order valence-corrected chi connectivity index (χ2v) is 4.82. The van der Waals surface area contributed by atoms with Crippen molar-refractivity contribution in [3.8, 4) is 0 Å². The van der Waals surface area contributed by atoms with E-state index in [4.69, 9.17) is 5.73 Å². The Kier molecular flexibility index (Phi) is 4.37. The molecule has 0 saturated carbocycles. The average molecular weight is 286 g/mol. The number of nitrogens with zero attached hydrogens (tertiary/aromatic N) is 2. The van der Waals surface area contributed by atoms with Gasteiger partial charge in [-0.1, -0.05) is 31.2 Å². The van der Waals surface area contributed by atoms with Crippen LogP contribution in [0, 0.1) is 10.1 Å². The number of aryl methyl sites for hydroxylation is 1. The third kappa shape index (κ3) is 3.47. The summed E-state index contributed by atoms with van der Waals surface area (Å²) in [6, 6.07) is 11.2. The fourth-order valence-corrected chi connectivity index (χ4v) is 2.05. The molecule has 0 radical (unpaired) electrons. The van der Waals surface area contributed by atoms with Crippen LogP contribution in [0.5, 0.6) is 0 Å². The van der Waals surface area contributed by atoms with Crippen LogP contribution in [0.15, 0.2) is 36.4 Å². The van der Waals surface area contributed by atoms with Crippen LogP contribution in [0.1, 0.15) is 31.0 Å². The van der Waals surface area contributed by atoms with Crippen molar-refractivity contribution in [2.24, 2.45) is 0 Å². The summed E-state index contributed by atoms with van der Waals surface area (Å²) in [6.07, 6.45) is 1.00. The molecule has 1 atom stereocenters.